The Morgan fingerprint density at radius 2 is 1.93 bits per heavy atom. The SMILES string of the molecule is Cl.NCC(c1ccccc1)c1ccn[nH]1. The van der Waals surface area contributed by atoms with Crippen LogP contribution in [0.25, 0.3) is 0 Å². The number of halogens is 1. The molecule has 1 unspecified atom stereocenters. The molecule has 0 saturated carbocycles. The highest BCUT2D eigenvalue weighted by Crippen LogP contribution is 2.20. The molecule has 0 bridgehead atoms. The normalized spacial score (nSPS) is 11.8. The molecular weight excluding hydrogens is 210 g/mol. The van der Waals surface area contributed by atoms with Crippen molar-refractivity contribution in [2.24, 2.45) is 5.73 Å². The standard InChI is InChI=1S/C11H13N3.ClH/c12-8-10(11-6-7-13-14-11)9-4-2-1-3-5-9;/h1-7,10H,8,12H2,(H,13,14);1H. The van der Waals surface area contributed by atoms with E-state index in [1.54, 1.807) is 6.20 Å². The van der Waals surface area contributed by atoms with Crippen LogP contribution < -0.4 is 5.73 Å². The summed E-state index contributed by atoms with van der Waals surface area (Å²) in [4.78, 5) is 0. The van der Waals surface area contributed by atoms with Gasteiger partial charge in [-0.05, 0) is 11.6 Å². The van der Waals surface area contributed by atoms with Gasteiger partial charge in [0.2, 0.25) is 0 Å². The lowest BCUT2D eigenvalue weighted by atomic mass is 9.96. The van der Waals surface area contributed by atoms with Crippen molar-refractivity contribution in [3.63, 3.8) is 0 Å². The fourth-order valence-electron chi connectivity index (χ4n) is 1.59. The topological polar surface area (TPSA) is 54.7 Å². The fourth-order valence-corrected chi connectivity index (χ4v) is 1.59. The maximum atomic E-state index is 5.75. The zero-order valence-corrected chi connectivity index (χ0v) is 9.08. The minimum Gasteiger partial charge on any atom is -0.329 e. The van der Waals surface area contributed by atoms with Crippen molar-refractivity contribution in [3.8, 4) is 0 Å². The molecular formula is C11H14ClN3. The molecule has 0 saturated heterocycles. The minimum absolute atomic E-state index is 0. The summed E-state index contributed by atoms with van der Waals surface area (Å²) < 4.78 is 0. The molecule has 15 heavy (non-hydrogen) atoms. The molecule has 0 aliphatic heterocycles. The summed E-state index contributed by atoms with van der Waals surface area (Å²) in [5.74, 6) is 0.221. The smallest absolute Gasteiger partial charge is 0.0490 e. The van der Waals surface area contributed by atoms with Gasteiger partial charge < -0.3 is 5.73 Å². The molecule has 0 spiro atoms. The predicted octanol–water partition coefficient (Wildman–Crippen LogP) is 1.92. The first-order valence-electron chi connectivity index (χ1n) is 4.66. The Labute approximate surface area is 95.1 Å². The summed E-state index contributed by atoms with van der Waals surface area (Å²) >= 11 is 0. The Morgan fingerprint density at radius 1 is 1.20 bits per heavy atom. The molecule has 0 radical (unpaired) electrons. The van der Waals surface area contributed by atoms with E-state index in [1.807, 2.05) is 24.3 Å². The predicted molar refractivity (Wildman–Crippen MR) is 63.2 cm³/mol. The lowest BCUT2D eigenvalue weighted by molar-refractivity contribution is 0.779. The average Bonchev–Trinajstić information content (AvgIpc) is 2.74. The second kappa shape index (κ2) is 5.53. The number of H-pyrrole nitrogens is 1. The first-order chi connectivity index (χ1) is 6.92. The van der Waals surface area contributed by atoms with Crippen molar-refractivity contribution in [2.75, 3.05) is 6.54 Å². The van der Waals surface area contributed by atoms with Gasteiger partial charge in [-0.3, -0.25) is 5.10 Å². The molecule has 1 heterocycles. The summed E-state index contributed by atoms with van der Waals surface area (Å²) in [7, 11) is 0. The van der Waals surface area contributed by atoms with E-state index in [0.29, 0.717) is 6.54 Å². The highest BCUT2D eigenvalue weighted by molar-refractivity contribution is 5.85. The maximum Gasteiger partial charge on any atom is 0.0490 e. The quantitative estimate of drug-likeness (QED) is 0.836. The van der Waals surface area contributed by atoms with E-state index in [2.05, 4.69) is 22.3 Å². The molecule has 3 N–H and O–H groups in total. The summed E-state index contributed by atoms with van der Waals surface area (Å²) in [5.41, 5.74) is 8.04. The van der Waals surface area contributed by atoms with E-state index in [4.69, 9.17) is 5.73 Å². The Balaban J connectivity index is 0.00000112. The molecule has 0 amide bonds. The molecule has 1 atom stereocenters. The lowest BCUT2D eigenvalue weighted by Crippen LogP contribution is -2.14. The van der Waals surface area contributed by atoms with Crippen LogP contribution in [0.1, 0.15) is 17.2 Å². The van der Waals surface area contributed by atoms with Crippen molar-refractivity contribution in [1.29, 1.82) is 0 Å². The first-order valence-corrected chi connectivity index (χ1v) is 4.66. The Hall–Kier alpha value is -1.32. The van der Waals surface area contributed by atoms with Crippen LogP contribution in [0.3, 0.4) is 0 Å². The van der Waals surface area contributed by atoms with Gasteiger partial charge in [0.15, 0.2) is 0 Å². The van der Waals surface area contributed by atoms with Crippen molar-refractivity contribution in [1.82, 2.24) is 10.2 Å². The van der Waals surface area contributed by atoms with Gasteiger partial charge in [0, 0.05) is 24.4 Å². The molecule has 80 valence electrons. The number of hydrogen-bond donors (Lipinski definition) is 2. The van der Waals surface area contributed by atoms with Crippen LogP contribution in [-0.4, -0.2) is 16.7 Å². The third kappa shape index (κ3) is 2.58. The summed E-state index contributed by atoms with van der Waals surface area (Å²) in [6, 6.07) is 12.2. The molecule has 2 aromatic rings. The monoisotopic (exact) mass is 223 g/mol. The van der Waals surface area contributed by atoms with Crippen LogP contribution in [0.5, 0.6) is 0 Å². The van der Waals surface area contributed by atoms with E-state index in [-0.39, 0.29) is 18.3 Å². The third-order valence-electron chi connectivity index (χ3n) is 2.34. The van der Waals surface area contributed by atoms with Gasteiger partial charge >= 0.3 is 0 Å². The number of benzene rings is 1. The minimum atomic E-state index is 0. The van der Waals surface area contributed by atoms with Crippen LogP contribution in [0.4, 0.5) is 0 Å². The fraction of sp³-hybridized carbons (Fsp3) is 0.182. The van der Waals surface area contributed by atoms with Gasteiger partial charge in [0.1, 0.15) is 0 Å². The zero-order valence-electron chi connectivity index (χ0n) is 8.26. The van der Waals surface area contributed by atoms with Gasteiger partial charge in [-0.15, -0.1) is 12.4 Å². The molecule has 2 rings (SSSR count). The second-order valence-corrected chi connectivity index (χ2v) is 3.21. The van der Waals surface area contributed by atoms with Crippen LogP contribution in [0, 0.1) is 0 Å². The molecule has 0 aliphatic carbocycles. The highest BCUT2D eigenvalue weighted by Gasteiger charge is 2.12. The Bertz CT molecular complexity index is 372. The molecule has 3 nitrogen and oxygen atoms in total. The lowest BCUT2D eigenvalue weighted by Gasteiger charge is -2.12. The van der Waals surface area contributed by atoms with Gasteiger partial charge in [-0.1, -0.05) is 30.3 Å². The molecule has 0 fully saturated rings. The van der Waals surface area contributed by atoms with Crippen molar-refractivity contribution < 1.29 is 0 Å². The summed E-state index contributed by atoms with van der Waals surface area (Å²) in [6.45, 7) is 0.589. The molecule has 4 heteroatoms. The second-order valence-electron chi connectivity index (χ2n) is 3.21. The van der Waals surface area contributed by atoms with Crippen molar-refractivity contribution >= 4 is 12.4 Å². The van der Waals surface area contributed by atoms with E-state index < -0.39 is 0 Å². The maximum absolute atomic E-state index is 5.75. The van der Waals surface area contributed by atoms with Gasteiger partial charge in [0.05, 0.1) is 0 Å². The molecule has 1 aromatic carbocycles. The summed E-state index contributed by atoms with van der Waals surface area (Å²) in [5, 5.41) is 6.89. The largest absolute Gasteiger partial charge is 0.329 e. The molecule has 1 aromatic heterocycles. The van der Waals surface area contributed by atoms with E-state index in [0.717, 1.165) is 5.69 Å². The van der Waals surface area contributed by atoms with Crippen LogP contribution >= 0.6 is 12.4 Å². The van der Waals surface area contributed by atoms with Crippen LogP contribution in [-0.2, 0) is 0 Å². The number of hydrogen-bond acceptors (Lipinski definition) is 2. The average molecular weight is 224 g/mol. The van der Waals surface area contributed by atoms with E-state index in [1.165, 1.54) is 5.56 Å². The number of aromatic amines is 1. The zero-order chi connectivity index (χ0) is 9.80. The highest BCUT2D eigenvalue weighted by atomic mass is 35.5. The first kappa shape index (κ1) is 11.8. The number of rotatable bonds is 3. The number of aromatic nitrogens is 2. The van der Waals surface area contributed by atoms with Crippen LogP contribution in [0.15, 0.2) is 42.6 Å². The summed E-state index contributed by atoms with van der Waals surface area (Å²) in [6.07, 6.45) is 1.75. The molecule has 0 aliphatic rings. The van der Waals surface area contributed by atoms with Crippen LogP contribution in [0.2, 0.25) is 0 Å². The van der Waals surface area contributed by atoms with Crippen molar-refractivity contribution in [2.45, 2.75) is 5.92 Å². The van der Waals surface area contributed by atoms with Gasteiger partial charge in [-0.2, -0.15) is 5.10 Å². The van der Waals surface area contributed by atoms with Gasteiger partial charge in [-0.25, -0.2) is 0 Å². The number of nitrogens with two attached hydrogens (primary N) is 1. The Morgan fingerprint density at radius 3 is 2.47 bits per heavy atom. The van der Waals surface area contributed by atoms with E-state index in [9.17, 15) is 0 Å². The third-order valence-corrected chi connectivity index (χ3v) is 2.34. The van der Waals surface area contributed by atoms with Gasteiger partial charge in [0.25, 0.3) is 0 Å². The van der Waals surface area contributed by atoms with Crippen molar-refractivity contribution in [3.05, 3.63) is 53.9 Å². The number of nitrogens with zero attached hydrogens (tertiary/aromatic N) is 1. The Kier molecular flexibility index (Phi) is 4.34. The van der Waals surface area contributed by atoms with E-state index >= 15 is 0 Å². The number of nitrogens with one attached hydrogen (secondary N) is 1.